The van der Waals surface area contributed by atoms with Crippen molar-refractivity contribution >= 4 is 28.6 Å². The van der Waals surface area contributed by atoms with E-state index in [-0.39, 0.29) is 12.1 Å². The molecule has 0 amide bonds. The molecular formula is C16H15IO3. The lowest BCUT2D eigenvalue weighted by molar-refractivity contribution is 0.0734. The molecule has 0 heterocycles. The summed E-state index contributed by atoms with van der Waals surface area (Å²) < 4.78 is 11.9. The van der Waals surface area contributed by atoms with Crippen LogP contribution in [0.1, 0.15) is 24.2 Å². The number of hydrogen-bond donors (Lipinski definition) is 0. The monoisotopic (exact) mass is 382 g/mol. The van der Waals surface area contributed by atoms with E-state index in [1.165, 1.54) is 0 Å². The summed E-state index contributed by atoms with van der Waals surface area (Å²) >= 11 is 2.20. The molecule has 0 aliphatic heterocycles. The number of esters is 1. The Hall–Kier alpha value is -1.56. The maximum Gasteiger partial charge on any atom is 0.343 e. The van der Waals surface area contributed by atoms with E-state index < -0.39 is 0 Å². The van der Waals surface area contributed by atoms with Crippen molar-refractivity contribution in [3.63, 3.8) is 0 Å². The Kier molecular flexibility index (Phi) is 5.00. The Morgan fingerprint density at radius 1 is 0.950 bits per heavy atom. The van der Waals surface area contributed by atoms with Gasteiger partial charge in [0.1, 0.15) is 11.5 Å². The van der Waals surface area contributed by atoms with E-state index in [2.05, 4.69) is 22.6 Å². The summed E-state index contributed by atoms with van der Waals surface area (Å²) in [6.07, 6.45) is 0.111. The van der Waals surface area contributed by atoms with E-state index in [1.807, 2.05) is 26.0 Å². The third-order valence-corrected chi connectivity index (χ3v) is 3.21. The van der Waals surface area contributed by atoms with Crippen LogP contribution in [0.4, 0.5) is 0 Å². The number of carbonyl (C=O) groups is 1. The molecule has 2 aromatic rings. The van der Waals surface area contributed by atoms with E-state index >= 15 is 0 Å². The number of carbonyl (C=O) groups excluding carboxylic acids is 1. The minimum absolute atomic E-state index is 0.111. The SMILES string of the molecule is CC(C)Oc1ccc(C(=O)Oc2ccc(I)cc2)cc1. The molecule has 20 heavy (non-hydrogen) atoms. The van der Waals surface area contributed by atoms with Gasteiger partial charge in [-0.15, -0.1) is 0 Å². The van der Waals surface area contributed by atoms with Crippen molar-refractivity contribution in [3.8, 4) is 11.5 Å². The van der Waals surface area contributed by atoms with Crippen LogP contribution >= 0.6 is 22.6 Å². The summed E-state index contributed by atoms with van der Waals surface area (Å²) in [4.78, 5) is 12.0. The maximum absolute atomic E-state index is 12.0. The predicted molar refractivity (Wildman–Crippen MR) is 86.3 cm³/mol. The molecule has 2 aromatic carbocycles. The Balaban J connectivity index is 2.03. The highest BCUT2D eigenvalue weighted by atomic mass is 127. The van der Waals surface area contributed by atoms with Gasteiger partial charge < -0.3 is 9.47 Å². The van der Waals surface area contributed by atoms with Crippen LogP contribution in [-0.2, 0) is 0 Å². The van der Waals surface area contributed by atoms with E-state index in [0.717, 1.165) is 9.32 Å². The lowest BCUT2D eigenvalue weighted by atomic mass is 10.2. The molecule has 0 aliphatic carbocycles. The van der Waals surface area contributed by atoms with Crippen LogP contribution in [0.5, 0.6) is 11.5 Å². The highest BCUT2D eigenvalue weighted by molar-refractivity contribution is 14.1. The average Bonchev–Trinajstić information content (AvgIpc) is 2.41. The summed E-state index contributed by atoms with van der Waals surface area (Å²) in [5, 5.41) is 0. The molecule has 0 N–H and O–H groups in total. The topological polar surface area (TPSA) is 35.5 Å². The zero-order chi connectivity index (χ0) is 14.5. The summed E-state index contributed by atoms with van der Waals surface area (Å²) in [5.74, 6) is 0.908. The fraction of sp³-hybridized carbons (Fsp3) is 0.188. The normalized spacial score (nSPS) is 10.4. The van der Waals surface area contributed by atoms with Crippen LogP contribution in [-0.4, -0.2) is 12.1 Å². The predicted octanol–water partition coefficient (Wildman–Crippen LogP) is 4.30. The van der Waals surface area contributed by atoms with Gasteiger partial charge in [0, 0.05) is 3.57 Å². The van der Waals surface area contributed by atoms with Gasteiger partial charge in [0.15, 0.2) is 0 Å². The van der Waals surface area contributed by atoms with Crippen molar-refractivity contribution in [1.29, 1.82) is 0 Å². The minimum Gasteiger partial charge on any atom is -0.491 e. The molecule has 2 rings (SSSR count). The Labute approximate surface area is 132 Å². The first kappa shape index (κ1) is 14.8. The third-order valence-electron chi connectivity index (χ3n) is 2.49. The first-order chi connectivity index (χ1) is 9.54. The van der Waals surface area contributed by atoms with Gasteiger partial charge in [0.25, 0.3) is 0 Å². The molecule has 104 valence electrons. The summed E-state index contributed by atoms with van der Waals surface area (Å²) in [7, 11) is 0. The van der Waals surface area contributed by atoms with E-state index in [4.69, 9.17) is 9.47 Å². The molecule has 3 nitrogen and oxygen atoms in total. The molecule has 0 fully saturated rings. The van der Waals surface area contributed by atoms with Gasteiger partial charge in [0.05, 0.1) is 11.7 Å². The molecule has 0 spiro atoms. The fourth-order valence-corrected chi connectivity index (χ4v) is 1.97. The van der Waals surface area contributed by atoms with Crippen molar-refractivity contribution in [3.05, 3.63) is 57.7 Å². The lowest BCUT2D eigenvalue weighted by Gasteiger charge is -2.10. The first-order valence-corrected chi connectivity index (χ1v) is 7.37. The van der Waals surface area contributed by atoms with Crippen LogP contribution in [0.3, 0.4) is 0 Å². The van der Waals surface area contributed by atoms with Gasteiger partial charge in [0.2, 0.25) is 0 Å². The van der Waals surface area contributed by atoms with Gasteiger partial charge in [-0.05, 0) is 85.0 Å². The first-order valence-electron chi connectivity index (χ1n) is 6.29. The molecule has 0 aromatic heterocycles. The summed E-state index contributed by atoms with van der Waals surface area (Å²) in [6.45, 7) is 3.91. The van der Waals surface area contributed by atoms with E-state index in [1.54, 1.807) is 36.4 Å². The molecule has 0 atom stereocenters. The standard InChI is InChI=1S/C16H15IO3/c1-11(2)19-14-7-3-12(4-8-14)16(18)20-15-9-5-13(17)6-10-15/h3-11H,1-2H3. The van der Waals surface area contributed by atoms with Crippen molar-refractivity contribution < 1.29 is 14.3 Å². The molecule has 0 aliphatic rings. The van der Waals surface area contributed by atoms with Crippen molar-refractivity contribution in [2.75, 3.05) is 0 Å². The molecule has 4 heteroatoms. The number of halogens is 1. The quantitative estimate of drug-likeness (QED) is 0.450. The van der Waals surface area contributed by atoms with Crippen molar-refractivity contribution in [1.82, 2.24) is 0 Å². The van der Waals surface area contributed by atoms with Crippen LogP contribution in [0.25, 0.3) is 0 Å². The number of hydrogen-bond acceptors (Lipinski definition) is 3. The largest absolute Gasteiger partial charge is 0.491 e. The van der Waals surface area contributed by atoms with Gasteiger partial charge in [-0.3, -0.25) is 0 Å². The zero-order valence-electron chi connectivity index (χ0n) is 11.3. The van der Waals surface area contributed by atoms with Crippen LogP contribution in [0.2, 0.25) is 0 Å². The summed E-state index contributed by atoms with van der Waals surface area (Å²) in [5.41, 5.74) is 0.500. The molecule has 0 saturated heterocycles. The highest BCUT2D eigenvalue weighted by Gasteiger charge is 2.09. The molecule has 0 bridgehead atoms. The van der Waals surface area contributed by atoms with E-state index in [0.29, 0.717) is 11.3 Å². The average molecular weight is 382 g/mol. The molecule has 0 unspecified atom stereocenters. The molecule has 0 radical (unpaired) electrons. The Morgan fingerprint density at radius 2 is 1.50 bits per heavy atom. The second kappa shape index (κ2) is 6.74. The minimum atomic E-state index is -0.373. The van der Waals surface area contributed by atoms with Gasteiger partial charge >= 0.3 is 5.97 Å². The Bertz CT molecular complexity index is 574. The Morgan fingerprint density at radius 3 is 2.05 bits per heavy atom. The van der Waals surface area contributed by atoms with Gasteiger partial charge in [-0.1, -0.05) is 0 Å². The van der Waals surface area contributed by atoms with Crippen molar-refractivity contribution in [2.45, 2.75) is 20.0 Å². The maximum atomic E-state index is 12.0. The van der Waals surface area contributed by atoms with Crippen LogP contribution in [0, 0.1) is 3.57 Å². The second-order valence-corrected chi connectivity index (χ2v) is 5.78. The molecular weight excluding hydrogens is 367 g/mol. The van der Waals surface area contributed by atoms with Gasteiger partial charge in [-0.25, -0.2) is 4.79 Å². The molecule has 0 saturated carbocycles. The van der Waals surface area contributed by atoms with E-state index in [9.17, 15) is 4.79 Å². The van der Waals surface area contributed by atoms with Crippen molar-refractivity contribution in [2.24, 2.45) is 0 Å². The second-order valence-electron chi connectivity index (χ2n) is 4.53. The number of ether oxygens (including phenoxy) is 2. The zero-order valence-corrected chi connectivity index (χ0v) is 13.5. The highest BCUT2D eigenvalue weighted by Crippen LogP contribution is 2.17. The number of benzene rings is 2. The van der Waals surface area contributed by atoms with Crippen LogP contribution in [0.15, 0.2) is 48.5 Å². The fourth-order valence-electron chi connectivity index (χ4n) is 1.61. The van der Waals surface area contributed by atoms with Crippen LogP contribution < -0.4 is 9.47 Å². The third kappa shape index (κ3) is 4.23. The number of rotatable bonds is 4. The lowest BCUT2D eigenvalue weighted by Crippen LogP contribution is -2.09. The van der Waals surface area contributed by atoms with Gasteiger partial charge in [-0.2, -0.15) is 0 Å². The smallest absolute Gasteiger partial charge is 0.343 e. The summed E-state index contributed by atoms with van der Waals surface area (Å²) in [6, 6.07) is 14.3.